The number of aromatic amines is 1. The van der Waals surface area contributed by atoms with Crippen molar-refractivity contribution >= 4 is 50.5 Å². The second kappa shape index (κ2) is 14.0. The average molecular weight is 625 g/mol. The number of nitrogen functional groups attached to an aromatic ring is 1. The van der Waals surface area contributed by atoms with Crippen LogP contribution in [0.1, 0.15) is 43.4 Å². The van der Waals surface area contributed by atoms with Crippen LogP contribution in [0.15, 0.2) is 64.0 Å². The van der Waals surface area contributed by atoms with E-state index in [1.54, 1.807) is 13.8 Å². The molecule has 2 aromatic carbocycles. The number of ether oxygens (including phenoxy) is 2. The molecular formula is C30H34BrN5O5. The molecule has 0 aliphatic carbocycles. The molecule has 0 bridgehead atoms. The van der Waals surface area contributed by atoms with Crippen molar-refractivity contribution in [1.82, 2.24) is 14.5 Å². The lowest BCUT2D eigenvalue weighted by Gasteiger charge is -2.18. The third kappa shape index (κ3) is 7.55. The van der Waals surface area contributed by atoms with E-state index in [1.807, 2.05) is 59.2 Å². The summed E-state index contributed by atoms with van der Waals surface area (Å²) in [5.74, 6) is -0.705. The maximum absolute atomic E-state index is 12.9. The van der Waals surface area contributed by atoms with E-state index in [0.717, 1.165) is 27.0 Å². The minimum atomic E-state index is -0.677. The van der Waals surface area contributed by atoms with Crippen LogP contribution in [0.2, 0.25) is 0 Å². The number of esters is 2. The smallest absolute Gasteiger partial charge is 0.328 e. The summed E-state index contributed by atoms with van der Waals surface area (Å²) in [6.45, 7) is 4.56. The van der Waals surface area contributed by atoms with Crippen LogP contribution in [0.5, 0.6) is 0 Å². The number of H-pyrrole nitrogens is 1. The quantitative estimate of drug-likeness (QED) is 0.184. The molecular weight excluding hydrogens is 590 g/mol. The highest BCUT2D eigenvalue weighted by Gasteiger charge is 2.22. The fourth-order valence-corrected chi connectivity index (χ4v) is 5.36. The van der Waals surface area contributed by atoms with E-state index in [9.17, 15) is 14.4 Å². The second-order valence-electron chi connectivity index (χ2n) is 9.48. The number of hydrogen-bond acceptors (Lipinski definition) is 8. The van der Waals surface area contributed by atoms with E-state index >= 15 is 0 Å². The minimum Gasteiger partial charge on any atom is -0.466 e. The summed E-state index contributed by atoms with van der Waals surface area (Å²) in [5.41, 5.74) is 9.85. The molecule has 0 spiro atoms. The normalized spacial score (nSPS) is 11.8. The highest BCUT2D eigenvalue weighted by molar-refractivity contribution is 9.10. The topological polar surface area (TPSA) is 141 Å². The lowest BCUT2D eigenvalue weighted by Crippen LogP contribution is -2.32. The lowest BCUT2D eigenvalue weighted by molar-refractivity contribution is -0.145. The highest BCUT2D eigenvalue weighted by atomic mass is 79.9. The van der Waals surface area contributed by atoms with Crippen molar-refractivity contribution in [3.8, 4) is 0 Å². The summed E-state index contributed by atoms with van der Waals surface area (Å²) in [5, 5.41) is 3.69. The Morgan fingerprint density at radius 3 is 2.41 bits per heavy atom. The van der Waals surface area contributed by atoms with E-state index in [1.165, 1.54) is 0 Å². The van der Waals surface area contributed by atoms with Crippen molar-refractivity contribution in [1.29, 1.82) is 0 Å². The van der Waals surface area contributed by atoms with Gasteiger partial charge < -0.3 is 25.1 Å². The van der Waals surface area contributed by atoms with E-state index in [4.69, 9.17) is 15.2 Å². The Labute approximate surface area is 246 Å². The molecule has 216 valence electrons. The third-order valence-electron chi connectivity index (χ3n) is 6.62. The number of benzene rings is 2. The molecule has 0 unspecified atom stereocenters. The average Bonchev–Trinajstić information content (AvgIpc) is 3.21. The van der Waals surface area contributed by atoms with Gasteiger partial charge in [0.25, 0.3) is 5.56 Å². The van der Waals surface area contributed by atoms with Crippen molar-refractivity contribution in [3.05, 3.63) is 86.2 Å². The van der Waals surface area contributed by atoms with Gasteiger partial charge in [-0.05, 0) is 77.9 Å². The Kier molecular flexibility index (Phi) is 10.2. The van der Waals surface area contributed by atoms with Gasteiger partial charge in [-0.15, -0.1) is 0 Å². The maximum Gasteiger partial charge on any atom is 0.328 e. The van der Waals surface area contributed by atoms with Crippen LogP contribution >= 0.6 is 15.9 Å². The van der Waals surface area contributed by atoms with Gasteiger partial charge in [0, 0.05) is 12.1 Å². The van der Waals surface area contributed by atoms with E-state index < -0.39 is 12.0 Å². The fraction of sp³-hybridized carbons (Fsp3) is 0.333. The molecule has 4 aromatic rings. The van der Waals surface area contributed by atoms with Crippen LogP contribution in [-0.4, -0.2) is 45.7 Å². The van der Waals surface area contributed by atoms with Crippen LogP contribution in [0.3, 0.4) is 0 Å². The Hall–Kier alpha value is -4.12. The van der Waals surface area contributed by atoms with Crippen molar-refractivity contribution in [2.75, 3.05) is 24.3 Å². The van der Waals surface area contributed by atoms with Gasteiger partial charge in [0.2, 0.25) is 5.95 Å². The number of carbonyl (C=O) groups excluding carboxylic acids is 2. The molecule has 10 nitrogen and oxygen atoms in total. The molecule has 4 N–H and O–H groups in total. The molecule has 0 aliphatic rings. The van der Waals surface area contributed by atoms with E-state index in [0.29, 0.717) is 37.0 Å². The van der Waals surface area contributed by atoms with Crippen molar-refractivity contribution < 1.29 is 19.1 Å². The Balaban J connectivity index is 1.50. The number of nitrogens with one attached hydrogen (secondary N) is 2. The largest absolute Gasteiger partial charge is 0.466 e. The zero-order chi connectivity index (χ0) is 29.4. The number of rotatable bonds is 13. The van der Waals surface area contributed by atoms with E-state index in [-0.39, 0.29) is 36.9 Å². The number of hydrogen-bond donors (Lipinski definition) is 3. The number of fused-ring (bicyclic) bond motifs is 1. The molecule has 4 rings (SSSR count). The molecule has 2 aromatic heterocycles. The molecule has 0 aliphatic heterocycles. The Morgan fingerprint density at radius 1 is 1.02 bits per heavy atom. The number of nitrogens with zero attached hydrogens (tertiary/aromatic N) is 2. The minimum absolute atomic E-state index is 0.0693. The monoisotopic (exact) mass is 623 g/mol. The van der Waals surface area contributed by atoms with Crippen LogP contribution in [0, 0.1) is 0 Å². The van der Waals surface area contributed by atoms with Crippen LogP contribution < -0.4 is 16.6 Å². The molecule has 41 heavy (non-hydrogen) atoms. The predicted molar refractivity (Wildman–Crippen MR) is 162 cm³/mol. The number of anilines is 2. The highest BCUT2D eigenvalue weighted by Crippen LogP contribution is 2.30. The van der Waals surface area contributed by atoms with E-state index in [2.05, 4.69) is 31.2 Å². The summed E-state index contributed by atoms with van der Waals surface area (Å²) in [6.07, 6.45) is 1.62. The molecule has 2 heterocycles. The van der Waals surface area contributed by atoms with Gasteiger partial charge >= 0.3 is 11.9 Å². The summed E-state index contributed by atoms with van der Waals surface area (Å²) in [6, 6.07) is 17.0. The number of carbonyl (C=O) groups is 2. The van der Waals surface area contributed by atoms with Crippen molar-refractivity contribution in [3.63, 3.8) is 0 Å². The van der Waals surface area contributed by atoms with Gasteiger partial charge in [0.15, 0.2) is 5.65 Å². The molecule has 0 radical (unpaired) electrons. The Bertz CT molecular complexity index is 1550. The number of aryl methyl sites for hydroxylation is 2. The number of halogens is 1. The van der Waals surface area contributed by atoms with Crippen LogP contribution in [0.4, 0.5) is 11.6 Å². The van der Waals surface area contributed by atoms with Gasteiger partial charge in [-0.25, -0.2) is 4.79 Å². The summed E-state index contributed by atoms with van der Waals surface area (Å²) in [4.78, 5) is 44.3. The second-order valence-corrected chi connectivity index (χ2v) is 10.2. The zero-order valence-corrected chi connectivity index (χ0v) is 24.7. The SMILES string of the molecule is CCOC(=O)CC[C@H](Nc1ccc(CCc2c(Br)n(Cc3ccccc3)c3nc(N)[nH]c(=O)c23)cc1)C(=O)OCC. The van der Waals surface area contributed by atoms with Crippen molar-refractivity contribution in [2.45, 2.75) is 52.1 Å². The number of aromatic nitrogens is 3. The van der Waals surface area contributed by atoms with Gasteiger partial charge in [-0.1, -0.05) is 42.5 Å². The van der Waals surface area contributed by atoms with Gasteiger partial charge in [0.05, 0.1) is 29.7 Å². The zero-order valence-electron chi connectivity index (χ0n) is 23.1. The van der Waals surface area contributed by atoms with Crippen LogP contribution in [-0.2, 0) is 38.4 Å². The molecule has 0 fully saturated rings. The van der Waals surface area contributed by atoms with Gasteiger partial charge in [-0.2, -0.15) is 4.98 Å². The standard InChI is InChI=1S/C30H34BrN5O5/c1-3-40-24(37)17-16-23(29(39)41-4-2)33-21-13-10-19(11-14-21)12-15-22-25-27(34-30(32)35-28(25)38)36(26(22)31)18-20-8-6-5-7-9-20/h5-11,13-14,23,33H,3-4,12,15-18H2,1-2H3,(H3,32,34,35,38)/t23-/m0/s1. The Morgan fingerprint density at radius 2 is 1.73 bits per heavy atom. The first-order valence-corrected chi connectivity index (χ1v) is 14.4. The lowest BCUT2D eigenvalue weighted by atomic mass is 10.0. The first-order chi connectivity index (χ1) is 19.8. The maximum atomic E-state index is 12.9. The number of nitrogens with two attached hydrogens (primary N) is 1. The van der Waals surface area contributed by atoms with Crippen molar-refractivity contribution in [2.24, 2.45) is 0 Å². The fourth-order valence-electron chi connectivity index (χ4n) is 4.67. The third-order valence-corrected chi connectivity index (χ3v) is 7.52. The summed E-state index contributed by atoms with van der Waals surface area (Å²) >= 11 is 3.73. The molecule has 0 saturated carbocycles. The predicted octanol–water partition coefficient (Wildman–Crippen LogP) is 4.59. The molecule has 1 atom stereocenters. The first-order valence-electron chi connectivity index (χ1n) is 13.6. The molecule has 11 heteroatoms. The molecule has 0 amide bonds. The van der Waals surface area contributed by atoms with Gasteiger partial charge in [0.1, 0.15) is 6.04 Å². The first kappa shape index (κ1) is 29.9. The summed E-state index contributed by atoms with van der Waals surface area (Å²) in [7, 11) is 0. The molecule has 0 saturated heterocycles. The van der Waals surface area contributed by atoms with Crippen LogP contribution in [0.25, 0.3) is 11.0 Å². The van der Waals surface area contributed by atoms with Gasteiger partial charge in [-0.3, -0.25) is 14.6 Å². The summed E-state index contributed by atoms with van der Waals surface area (Å²) < 4.78 is 12.9.